The molecule has 0 spiro atoms. The Morgan fingerprint density at radius 2 is 1.43 bits per heavy atom. The number of rotatable bonds is 17. The number of carbonyl (C=O) groups is 2. The Hall–Kier alpha value is -3.28. The highest BCUT2D eigenvalue weighted by atomic mass is 16.5. The van der Waals surface area contributed by atoms with Gasteiger partial charge in [-0.25, -0.2) is 0 Å². The Morgan fingerprint density at radius 1 is 0.784 bits per heavy atom. The Labute approximate surface area is 222 Å². The minimum atomic E-state index is -0.280. The van der Waals surface area contributed by atoms with E-state index in [-0.39, 0.29) is 11.8 Å². The van der Waals surface area contributed by atoms with Crippen LogP contribution in [0.15, 0.2) is 54.1 Å². The molecule has 0 saturated heterocycles. The average Bonchev–Trinajstić information content (AvgIpc) is 2.89. The van der Waals surface area contributed by atoms with Crippen molar-refractivity contribution in [1.29, 1.82) is 0 Å². The molecule has 2 aromatic carbocycles. The zero-order chi connectivity index (χ0) is 26.9. The number of ether oxygens (including phenoxy) is 2. The van der Waals surface area contributed by atoms with Crippen LogP contribution in [0, 0.1) is 0 Å². The van der Waals surface area contributed by atoms with Gasteiger partial charge < -0.3 is 20.1 Å². The maximum atomic E-state index is 12.9. The molecule has 0 aromatic heterocycles. The predicted octanol–water partition coefficient (Wildman–Crippen LogP) is 7.55. The zero-order valence-electron chi connectivity index (χ0n) is 23.0. The molecule has 0 radical (unpaired) electrons. The largest absolute Gasteiger partial charge is 0.494 e. The molecule has 2 amide bonds. The van der Waals surface area contributed by atoms with Gasteiger partial charge in [0, 0.05) is 17.7 Å². The third-order valence-electron chi connectivity index (χ3n) is 5.95. The molecule has 0 bridgehead atoms. The third kappa shape index (κ3) is 11.5. The summed E-state index contributed by atoms with van der Waals surface area (Å²) in [6.45, 7) is 9.64. The maximum absolute atomic E-state index is 12.9. The first-order chi connectivity index (χ1) is 17.9. The van der Waals surface area contributed by atoms with Crippen LogP contribution in [-0.4, -0.2) is 31.6 Å². The van der Waals surface area contributed by atoms with Gasteiger partial charge in [0.25, 0.3) is 11.8 Å². The van der Waals surface area contributed by atoms with E-state index in [2.05, 4.69) is 17.6 Å². The van der Waals surface area contributed by atoms with Crippen molar-refractivity contribution in [2.75, 3.05) is 25.1 Å². The molecular formula is C31H44N2O4. The Kier molecular flexibility index (Phi) is 13.9. The van der Waals surface area contributed by atoms with Gasteiger partial charge >= 0.3 is 0 Å². The molecule has 0 saturated carbocycles. The first-order valence-electron chi connectivity index (χ1n) is 13.7. The lowest BCUT2D eigenvalue weighted by molar-refractivity contribution is 0.0956. The summed E-state index contributed by atoms with van der Waals surface area (Å²) in [6.07, 6.45) is 12.0. The van der Waals surface area contributed by atoms with Gasteiger partial charge in [-0.15, -0.1) is 0 Å². The van der Waals surface area contributed by atoms with E-state index >= 15 is 0 Å². The van der Waals surface area contributed by atoms with E-state index in [1.54, 1.807) is 30.3 Å². The number of amides is 2. The van der Waals surface area contributed by atoms with Crippen LogP contribution in [0.2, 0.25) is 0 Å². The van der Waals surface area contributed by atoms with Crippen molar-refractivity contribution in [1.82, 2.24) is 5.32 Å². The first kappa shape index (κ1) is 29.9. The number of nitrogens with one attached hydrogen (secondary N) is 2. The van der Waals surface area contributed by atoms with Crippen LogP contribution >= 0.6 is 0 Å². The minimum absolute atomic E-state index is 0.214. The number of hydrogen-bond acceptors (Lipinski definition) is 4. The van der Waals surface area contributed by atoms with E-state index in [9.17, 15) is 9.59 Å². The van der Waals surface area contributed by atoms with Crippen molar-refractivity contribution in [2.24, 2.45) is 0 Å². The van der Waals surface area contributed by atoms with E-state index in [4.69, 9.17) is 9.47 Å². The average molecular weight is 509 g/mol. The van der Waals surface area contributed by atoms with Crippen LogP contribution in [0.1, 0.15) is 99.8 Å². The minimum Gasteiger partial charge on any atom is -0.494 e. The zero-order valence-corrected chi connectivity index (χ0v) is 23.0. The summed E-state index contributed by atoms with van der Waals surface area (Å²) in [5.41, 5.74) is 2.53. The molecule has 6 heteroatoms. The van der Waals surface area contributed by atoms with Gasteiger partial charge in [0.05, 0.1) is 18.9 Å². The van der Waals surface area contributed by atoms with Crippen molar-refractivity contribution >= 4 is 17.5 Å². The smallest absolute Gasteiger partial charge is 0.255 e. The molecule has 2 rings (SSSR count). The van der Waals surface area contributed by atoms with E-state index in [0.29, 0.717) is 42.3 Å². The van der Waals surface area contributed by atoms with Crippen molar-refractivity contribution in [3.05, 3.63) is 65.2 Å². The number of benzene rings is 2. The Bertz CT molecular complexity index is 995. The molecule has 37 heavy (non-hydrogen) atoms. The van der Waals surface area contributed by atoms with Crippen LogP contribution in [0.4, 0.5) is 5.69 Å². The molecule has 0 aliphatic heterocycles. The molecule has 0 unspecified atom stereocenters. The number of anilines is 1. The Balaban J connectivity index is 1.89. The fraction of sp³-hybridized carbons (Fsp3) is 0.484. The standard InChI is InChI=1S/C31H44N2O4/c1-5-7-8-9-10-11-12-13-22-37-27-17-14-25(15-18-27)31(35)33-28-23-26(16-19-29(28)36-6-2)30(34)32-21-20-24(3)4/h14-20,23H,5-13,21-22H2,1-4H3,(H,32,34)(H,33,35). The summed E-state index contributed by atoms with van der Waals surface area (Å²) in [6, 6.07) is 12.2. The predicted molar refractivity (Wildman–Crippen MR) is 152 cm³/mol. The summed E-state index contributed by atoms with van der Waals surface area (Å²) in [5, 5.41) is 5.74. The second-order valence-electron chi connectivity index (χ2n) is 9.44. The van der Waals surface area contributed by atoms with Gasteiger partial charge in [0.2, 0.25) is 0 Å². The van der Waals surface area contributed by atoms with Gasteiger partial charge in [-0.2, -0.15) is 0 Å². The fourth-order valence-electron chi connectivity index (χ4n) is 3.82. The van der Waals surface area contributed by atoms with Crippen LogP contribution in [-0.2, 0) is 0 Å². The summed E-state index contributed by atoms with van der Waals surface area (Å²) >= 11 is 0. The molecule has 0 fully saturated rings. The normalized spacial score (nSPS) is 10.5. The van der Waals surface area contributed by atoms with Crippen molar-refractivity contribution in [3.8, 4) is 11.5 Å². The summed E-state index contributed by atoms with van der Waals surface area (Å²) in [5.74, 6) is 0.776. The second kappa shape index (κ2) is 17.2. The van der Waals surface area contributed by atoms with Crippen molar-refractivity contribution < 1.29 is 19.1 Å². The summed E-state index contributed by atoms with van der Waals surface area (Å²) < 4.78 is 11.5. The topological polar surface area (TPSA) is 76.7 Å². The first-order valence-corrected chi connectivity index (χ1v) is 13.7. The van der Waals surface area contributed by atoms with E-state index in [1.165, 1.54) is 44.9 Å². The highest BCUT2D eigenvalue weighted by Crippen LogP contribution is 2.27. The quantitative estimate of drug-likeness (QED) is 0.171. The highest BCUT2D eigenvalue weighted by Gasteiger charge is 2.14. The molecule has 202 valence electrons. The SMILES string of the molecule is CCCCCCCCCCOc1ccc(C(=O)Nc2cc(C(=O)NCC=C(C)C)ccc2OCC)cc1. The van der Waals surface area contributed by atoms with Crippen LogP contribution < -0.4 is 20.1 Å². The maximum Gasteiger partial charge on any atom is 0.255 e. The lowest BCUT2D eigenvalue weighted by atomic mass is 10.1. The number of carbonyl (C=O) groups excluding carboxylic acids is 2. The number of allylic oxidation sites excluding steroid dienone is 1. The molecule has 6 nitrogen and oxygen atoms in total. The van der Waals surface area contributed by atoms with Gasteiger partial charge in [0.1, 0.15) is 11.5 Å². The van der Waals surface area contributed by atoms with Crippen molar-refractivity contribution in [2.45, 2.75) is 79.1 Å². The van der Waals surface area contributed by atoms with Gasteiger partial charge in [-0.05, 0) is 69.7 Å². The molecule has 0 atom stereocenters. The summed E-state index contributed by atoms with van der Waals surface area (Å²) in [7, 11) is 0. The Morgan fingerprint density at radius 3 is 2.08 bits per heavy atom. The summed E-state index contributed by atoms with van der Waals surface area (Å²) in [4.78, 5) is 25.5. The second-order valence-corrected chi connectivity index (χ2v) is 9.44. The van der Waals surface area contributed by atoms with Crippen LogP contribution in [0.5, 0.6) is 11.5 Å². The van der Waals surface area contributed by atoms with Crippen LogP contribution in [0.3, 0.4) is 0 Å². The molecule has 0 aliphatic carbocycles. The highest BCUT2D eigenvalue weighted by molar-refractivity contribution is 6.06. The van der Waals surface area contributed by atoms with Crippen LogP contribution in [0.25, 0.3) is 0 Å². The van der Waals surface area contributed by atoms with E-state index < -0.39 is 0 Å². The van der Waals surface area contributed by atoms with Gasteiger partial charge in [-0.3, -0.25) is 9.59 Å². The molecule has 0 aliphatic rings. The third-order valence-corrected chi connectivity index (χ3v) is 5.95. The van der Waals surface area contributed by atoms with E-state index in [0.717, 1.165) is 17.7 Å². The van der Waals surface area contributed by atoms with Gasteiger partial charge in [0.15, 0.2) is 0 Å². The lowest BCUT2D eigenvalue weighted by Gasteiger charge is -2.14. The monoisotopic (exact) mass is 508 g/mol. The number of unbranched alkanes of at least 4 members (excludes halogenated alkanes) is 7. The molecule has 2 aromatic rings. The van der Waals surface area contributed by atoms with Gasteiger partial charge in [-0.1, -0.05) is 63.5 Å². The molecule has 2 N–H and O–H groups in total. The van der Waals surface area contributed by atoms with Crippen molar-refractivity contribution in [3.63, 3.8) is 0 Å². The number of hydrogen-bond donors (Lipinski definition) is 2. The fourth-order valence-corrected chi connectivity index (χ4v) is 3.82. The van der Waals surface area contributed by atoms with E-state index in [1.807, 2.05) is 39.0 Å². The molecule has 0 heterocycles. The molecular weight excluding hydrogens is 464 g/mol. The lowest BCUT2D eigenvalue weighted by Crippen LogP contribution is -2.24.